The van der Waals surface area contributed by atoms with Gasteiger partial charge in [-0.05, 0) is 37.4 Å². The summed E-state index contributed by atoms with van der Waals surface area (Å²) in [6, 6.07) is 9.36. The van der Waals surface area contributed by atoms with Crippen molar-refractivity contribution in [3.63, 3.8) is 0 Å². The molecule has 6 heteroatoms. The van der Waals surface area contributed by atoms with Crippen LogP contribution in [0.25, 0.3) is 11.0 Å². The number of hydrogen-bond acceptors (Lipinski definition) is 5. The minimum absolute atomic E-state index is 0.260. The molecular formula is C19H21N3O2S. The van der Waals surface area contributed by atoms with Gasteiger partial charge in [0.15, 0.2) is 10.9 Å². The van der Waals surface area contributed by atoms with E-state index in [1.54, 1.807) is 6.07 Å². The Morgan fingerprint density at radius 2 is 2.32 bits per heavy atom. The van der Waals surface area contributed by atoms with Gasteiger partial charge in [0.05, 0.1) is 5.69 Å². The maximum Gasteiger partial charge on any atom is 0.293 e. The average Bonchev–Trinajstić information content (AvgIpc) is 3.21. The predicted octanol–water partition coefficient (Wildman–Crippen LogP) is 4.37. The molecule has 1 N–H and O–H groups in total. The number of aromatic nitrogens is 1. The molecule has 130 valence electrons. The number of thiazole rings is 1. The highest BCUT2D eigenvalue weighted by Gasteiger charge is 2.18. The summed E-state index contributed by atoms with van der Waals surface area (Å²) in [5.74, 6) is 0.797. The molecule has 0 radical (unpaired) electrons. The van der Waals surface area contributed by atoms with Gasteiger partial charge in [0.2, 0.25) is 0 Å². The summed E-state index contributed by atoms with van der Waals surface area (Å²) in [6.45, 7) is 5.40. The van der Waals surface area contributed by atoms with Crippen molar-refractivity contribution in [1.82, 2.24) is 9.88 Å². The largest absolute Gasteiger partial charge is 0.451 e. The number of carbonyl (C=O) groups excluding carboxylic acids is 1. The van der Waals surface area contributed by atoms with Crippen molar-refractivity contribution in [2.75, 3.05) is 18.4 Å². The zero-order chi connectivity index (χ0) is 17.2. The molecule has 3 heterocycles. The molecule has 0 saturated carbocycles. The van der Waals surface area contributed by atoms with E-state index in [0.29, 0.717) is 16.5 Å². The van der Waals surface area contributed by atoms with Crippen LogP contribution in [-0.4, -0.2) is 28.9 Å². The molecule has 25 heavy (non-hydrogen) atoms. The van der Waals surface area contributed by atoms with E-state index in [2.05, 4.69) is 22.1 Å². The third-order valence-corrected chi connectivity index (χ3v) is 5.35. The number of benzene rings is 1. The van der Waals surface area contributed by atoms with Crippen LogP contribution in [0.2, 0.25) is 0 Å². The quantitative estimate of drug-likeness (QED) is 0.755. The number of piperidine rings is 1. The number of amides is 1. The number of carbonyl (C=O) groups is 1. The van der Waals surface area contributed by atoms with Crippen LogP contribution >= 0.6 is 11.3 Å². The number of nitrogens with one attached hydrogen (secondary N) is 1. The molecule has 1 saturated heterocycles. The van der Waals surface area contributed by atoms with Crippen LogP contribution in [0.1, 0.15) is 36.0 Å². The Labute approximate surface area is 150 Å². The topological polar surface area (TPSA) is 58.4 Å². The molecule has 5 nitrogen and oxygen atoms in total. The number of nitrogens with zero attached hydrogens (tertiary/aromatic N) is 2. The maximum atomic E-state index is 12.4. The summed E-state index contributed by atoms with van der Waals surface area (Å²) in [4.78, 5) is 19.4. The van der Waals surface area contributed by atoms with E-state index < -0.39 is 0 Å². The molecule has 1 amide bonds. The van der Waals surface area contributed by atoms with Crippen LogP contribution < -0.4 is 5.32 Å². The number of rotatable bonds is 4. The van der Waals surface area contributed by atoms with Crippen molar-refractivity contribution < 1.29 is 9.21 Å². The van der Waals surface area contributed by atoms with Gasteiger partial charge in [-0.2, -0.15) is 0 Å². The molecule has 1 atom stereocenters. The zero-order valence-corrected chi connectivity index (χ0v) is 15.0. The SMILES string of the molecule is CC1CCCN(Cc2csc(NC(=O)c3cc4ccccc4o3)n2)C1. The van der Waals surface area contributed by atoms with Gasteiger partial charge in [-0.15, -0.1) is 11.3 Å². The fraction of sp³-hybridized carbons (Fsp3) is 0.368. The first-order chi connectivity index (χ1) is 12.2. The molecule has 4 rings (SSSR count). The van der Waals surface area contributed by atoms with E-state index in [4.69, 9.17) is 4.42 Å². The lowest BCUT2D eigenvalue weighted by Gasteiger charge is -2.30. The molecule has 0 spiro atoms. The summed E-state index contributed by atoms with van der Waals surface area (Å²) >= 11 is 1.46. The highest BCUT2D eigenvalue weighted by atomic mass is 32.1. The van der Waals surface area contributed by atoms with Gasteiger partial charge in [0, 0.05) is 23.9 Å². The second kappa shape index (κ2) is 6.98. The monoisotopic (exact) mass is 355 g/mol. The smallest absolute Gasteiger partial charge is 0.293 e. The summed E-state index contributed by atoms with van der Waals surface area (Å²) in [6.07, 6.45) is 2.56. The van der Waals surface area contributed by atoms with Gasteiger partial charge in [-0.1, -0.05) is 25.1 Å². The van der Waals surface area contributed by atoms with E-state index in [0.717, 1.165) is 36.6 Å². The Morgan fingerprint density at radius 1 is 1.44 bits per heavy atom. The Morgan fingerprint density at radius 3 is 3.16 bits per heavy atom. The van der Waals surface area contributed by atoms with Crippen LogP contribution in [0.5, 0.6) is 0 Å². The number of fused-ring (bicyclic) bond motifs is 1. The van der Waals surface area contributed by atoms with Gasteiger partial charge in [-0.25, -0.2) is 4.98 Å². The van der Waals surface area contributed by atoms with Crippen LogP contribution in [0, 0.1) is 5.92 Å². The zero-order valence-electron chi connectivity index (χ0n) is 14.2. The Bertz CT molecular complexity index is 853. The lowest BCUT2D eigenvalue weighted by Crippen LogP contribution is -2.33. The predicted molar refractivity (Wildman–Crippen MR) is 100.0 cm³/mol. The molecule has 1 aliphatic heterocycles. The number of anilines is 1. The number of furan rings is 1. The molecule has 1 unspecified atom stereocenters. The van der Waals surface area contributed by atoms with E-state index in [1.165, 1.54) is 24.2 Å². The molecule has 3 aromatic rings. The van der Waals surface area contributed by atoms with E-state index in [9.17, 15) is 4.79 Å². The lowest BCUT2D eigenvalue weighted by molar-refractivity contribution is 0.0998. The summed E-state index contributed by atoms with van der Waals surface area (Å²) in [7, 11) is 0. The highest BCUT2D eigenvalue weighted by molar-refractivity contribution is 7.13. The standard InChI is InChI=1S/C19H21N3O2S/c1-13-5-4-8-22(10-13)11-15-12-25-19(20-15)21-18(23)17-9-14-6-2-3-7-16(14)24-17/h2-3,6-7,9,12-13H,4-5,8,10-11H2,1H3,(H,20,21,23). The van der Waals surface area contributed by atoms with E-state index in [-0.39, 0.29) is 5.91 Å². The fourth-order valence-corrected chi connectivity index (χ4v) is 4.05. The molecular weight excluding hydrogens is 334 g/mol. The van der Waals surface area contributed by atoms with Gasteiger partial charge >= 0.3 is 0 Å². The number of hydrogen-bond donors (Lipinski definition) is 1. The van der Waals surface area contributed by atoms with Crippen molar-refractivity contribution in [3.8, 4) is 0 Å². The first kappa shape index (κ1) is 16.3. The van der Waals surface area contributed by atoms with Crippen LogP contribution in [-0.2, 0) is 6.54 Å². The minimum Gasteiger partial charge on any atom is -0.451 e. The average molecular weight is 355 g/mol. The van der Waals surface area contributed by atoms with Gasteiger partial charge in [0.25, 0.3) is 5.91 Å². The van der Waals surface area contributed by atoms with E-state index in [1.807, 2.05) is 29.6 Å². The third kappa shape index (κ3) is 3.75. The van der Waals surface area contributed by atoms with Crippen molar-refractivity contribution >= 4 is 33.3 Å². The van der Waals surface area contributed by atoms with Crippen molar-refractivity contribution in [1.29, 1.82) is 0 Å². The van der Waals surface area contributed by atoms with Crippen LogP contribution in [0.3, 0.4) is 0 Å². The third-order valence-electron chi connectivity index (χ3n) is 4.55. The van der Waals surface area contributed by atoms with Gasteiger partial charge in [0.1, 0.15) is 5.58 Å². The Kier molecular flexibility index (Phi) is 4.55. The number of likely N-dealkylation sites (tertiary alicyclic amines) is 1. The Balaban J connectivity index is 1.41. The minimum atomic E-state index is -0.260. The van der Waals surface area contributed by atoms with Crippen molar-refractivity contribution in [3.05, 3.63) is 47.2 Å². The van der Waals surface area contributed by atoms with E-state index >= 15 is 0 Å². The fourth-order valence-electron chi connectivity index (χ4n) is 3.35. The first-order valence-electron chi connectivity index (χ1n) is 8.64. The molecule has 2 aromatic heterocycles. The second-order valence-electron chi connectivity index (χ2n) is 6.73. The normalized spacial score (nSPS) is 18.5. The summed E-state index contributed by atoms with van der Waals surface area (Å²) in [5.41, 5.74) is 1.73. The molecule has 1 fully saturated rings. The van der Waals surface area contributed by atoms with Gasteiger partial charge in [-0.3, -0.25) is 15.0 Å². The maximum absolute atomic E-state index is 12.4. The molecule has 0 bridgehead atoms. The Hall–Kier alpha value is -2.18. The highest BCUT2D eigenvalue weighted by Crippen LogP contribution is 2.23. The summed E-state index contributed by atoms with van der Waals surface area (Å²) < 4.78 is 5.60. The molecule has 0 aliphatic carbocycles. The molecule has 1 aromatic carbocycles. The van der Waals surface area contributed by atoms with Gasteiger partial charge < -0.3 is 4.42 Å². The molecule has 1 aliphatic rings. The first-order valence-corrected chi connectivity index (χ1v) is 9.52. The lowest BCUT2D eigenvalue weighted by atomic mass is 10.0. The number of para-hydroxylation sites is 1. The second-order valence-corrected chi connectivity index (χ2v) is 7.59. The van der Waals surface area contributed by atoms with Crippen molar-refractivity contribution in [2.45, 2.75) is 26.3 Å². The van der Waals surface area contributed by atoms with Crippen LogP contribution in [0.4, 0.5) is 5.13 Å². The summed E-state index contributed by atoms with van der Waals surface area (Å²) in [5, 5.41) is 6.40. The van der Waals surface area contributed by atoms with Crippen molar-refractivity contribution in [2.24, 2.45) is 5.92 Å². The van der Waals surface area contributed by atoms with Crippen LogP contribution in [0.15, 0.2) is 40.1 Å².